The van der Waals surface area contributed by atoms with Crippen molar-refractivity contribution in [3.05, 3.63) is 75.8 Å². The van der Waals surface area contributed by atoms with Gasteiger partial charge < -0.3 is 5.32 Å². The highest BCUT2D eigenvalue weighted by molar-refractivity contribution is 6.35. The molecule has 0 unspecified atom stereocenters. The van der Waals surface area contributed by atoms with Gasteiger partial charge >= 0.3 is 0 Å². The summed E-state index contributed by atoms with van der Waals surface area (Å²) >= 11 is 11.9. The van der Waals surface area contributed by atoms with Gasteiger partial charge in [-0.1, -0.05) is 29.3 Å². The lowest BCUT2D eigenvalue weighted by Gasteiger charge is -2.14. The number of nitrogens with one attached hydrogen (secondary N) is 1. The molecule has 1 aliphatic heterocycles. The highest BCUT2D eigenvalue weighted by Gasteiger charge is 2.25. The van der Waals surface area contributed by atoms with Gasteiger partial charge in [-0.05, 0) is 42.0 Å². The number of halogens is 2. The lowest BCUT2D eigenvalue weighted by Crippen LogP contribution is -2.29. The lowest BCUT2D eigenvalue weighted by molar-refractivity contribution is -0.119. The molecule has 0 aliphatic carbocycles. The molecule has 0 bridgehead atoms. The Morgan fingerprint density at radius 2 is 1.60 bits per heavy atom. The molecular weight excluding hydrogens is 363 g/mol. The Morgan fingerprint density at radius 1 is 0.960 bits per heavy atom. The van der Waals surface area contributed by atoms with Crippen LogP contribution in [0, 0.1) is 0 Å². The van der Waals surface area contributed by atoms with Gasteiger partial charge in [-0.2, -0.15) is 0 Å². The van der Waals surface area contributed by atoms with Crippen LogP contribution in [0.3, 0.4) is 0 Å². The fraction of sp³-hybridized carbons (Fsp3) is 0.0556. The summed E-state index contributed by atoms with van der Waals surface area (Å²) in [6.45, 7) is 0.254. The third-order valence-corrected chi connectivity index (χ3v) is 4.24. The first-order chi connectivity index (χ1) is 12.0. The minimum atomic E-state index is -0.403. The van der Waals surface area contributed by atoms with E-state index in [0.717, 1.165) is 10.5 Å². The molecule has 126 valence electrons. The van der Waals surface area contributed by atoms with Crippen LogP contribution in [0.15, 0.2) is 54.6 Å². The summed E-state index contributed by atoms with van der Waals surface area (Å²) in [6, 6.07) is 11.2. The average molecular weight is 375 g/mol. The number of imide groups is 1. The molecule has 0 saturated carbocycles. The van der Waals surface area contributed by atoms with Crippen molar-refractivity contribution < 1.29 is 14.4 Å². The molecule has 1 aliphatic rings. The second-order valence-electron chi connectivity index (χ2n) is 5.31. The summed E-state index contributed by atoms with van der Waals surface area (Å²) in [7, 11) is 0. The molecule has 1 N–H and O–H groups in total. The molecule has 2 aromatic rings. The van der Waals surface area contributed by atoms with Gasteiger partial charge in [-0.15, -0.1) is 0 Å². The zero-order valence-corrected chi connectivity index (χ0v) is 14.3. The van der Waals surface area contributed by atoms with E-state index in [0.29, 0.717) is 21.3 Å². The number of amides is 3. The molecule has 0 atom stereocenters. The van der Waals surface area contributed by atoms with Crippen molar-refractivity contribution in [2.45, 2.75) is 6.54 Å². The molecule has 0 saturated heterocycles. The number of nitrogens with zero attached hydrogens (tertiary/aromatic N) is 1. The maximum atomic E-state index is 12.2. The summed E-state index contributed by atoms with van der Waals surface area (Å²) in [5, 5.41) is 3.75. The average Bonchev–Trinajstić information content (AvgIpc) is 2.92. The summed E-state index contributed by atoms with van der Waals surface area (Å²) in [5.74, 6) is -1.10. The van der Waals surface area contributed by atoms with E-state index < -0.39 is 11.8 Å². The zero-order chi connectivity index (χ0) is 18.0. The Labute approximate surface area is 153 Å². The fourth-order valence-corrected chi connectivity index (χ4v) is 2.83. The van der Waals surface area contributed by atoms with E-state index in [9.17, 15) is 14.4 Å². The zero-order valence-electron chi connectivity index (χ0n) is 12.8. The molecule has 0 fully saturated rings. The second-order valence-corrected chi connectivity index (χ2v) is 6.15. The van der Waals surface area contributed by atoms with Crippen LogP contribution in [0.25, 0.3) is 0 Å². The van der Waals surface area contributed by atoms with E-state index >= 15 is 0 Å². The molecule has 25 heavy (non-hydrogen) atoms. The number of rotatable bonds is 4. The maximum Gasteiger partial charge on any atom is 0.258 e. The Balaban J connectivity index is 1.67. The van der Waals surface area contributed by atoms with Crippen LogP contribution in [-0.4, -0.2) is 17.7 Å². The van der Waals surface area contributed by atoms with Crippen molar-refractivity contribution in [2.75, 3.05) is 4.90 Å². The number of benzene rings is 2. The Kier molecular flexibility index (Phi) is 4.88. The molecule has 3 rings (SSSR count). The van der Waals surface area contributed by atoms with E-state index in [-0.39, 0.29) is 12.5 Å². The predicted molar refractivity (Wildman–Crippen MR) is 95.7 cm³/mol. The first-order valence-electron chi connectivity index (χ1n) is 7.34. The van der Waals surface area contributed by atoms with E-state index in [1.807, 2.05) is 0 Å². The molecule has 0 radical (unpaired) electrons. The van der Waals surface area contributed by atoms with E-state index in [4.69, 9.17) is 23.2 Å². The van der Waals surface area contributed by atoms with Crippen molar-refractivity contribution >= 4 is 46.6 Å². The smallest absolute Gasteiger partial charge is 0.258 e. The van der Waals surface area contributed by atoms with Gasteiger partial charge in [0.25, 0.3) is 17.7 Å². The minimum Gasteiger partial charge on any atom is -0.348 e. The van der Waals surface area contributed by atoms with Crippen LogP contribution >= 0.6 is 23.2 Å². The standard InChI is InChI=1S/C18H12Cl2N2O3/c19-13-4-1-12(15(20)9-13)10-21-18(25)11-2-5-14(6-3-11)22-16(23)7-8-17(22)24/h1-9H,10H2,(H,21,25). The van der Waals surface area contributed by atoms with Crippen molar-refractivity contribution in [3.63, 3.8) is 0 Å². The van der Waals surface area contributed by atoms with E-state index in [1.54, 1.807) is 42.5 Å². The van der Waals surface area contributed by atoms with Crippen LogP contribution in [0.5, 0.6) is 0 Å². The molecule has 0 spiro atoms. The van der Waals surface area contributed by atoms with Gasteiger partial charge in [0.15, 0.2) is 0 Å². The topological polar surface area (TPSA) is 66.5 Å². The molecule has 2 aromatic carbocycles. The number of hydrogen-bond acceptors (Lipinski definition) is 3. The van der Waals surface area contributed by atoms with Gasteiger partial charge in [-0.3, -0.25) is 14.4 Å². The number of carbonyl (C=O) groups is 3. The maximum absolute atomic E-state index is 12.2. The van der Waals surface area contributed by atoms with Crippen molar-refractivity contribution in [1.82, 2.24) is 5.32 Å². The third-order valence-electron chi connectivity index (χ3n) is 3.65. The summed E-state index contributed by atoms with van der Waals surface area (Å²) in [5.41, 5.74) is 1.56. The highest BCUT2D eigenvalue weighted by Crippen LogP contribution is 2.21. The highest BCUT2D eigenvalue weighted by atomic mass is 35.5. The SMILES string of the molecule is O=C(NCc1ccc(Cl)cc1Cl)c1ccc(N2C(=O)C=CC2=O)cc1. The minimum absolute atomic E-state index is 0.254. The fourth-order valence-electron chi connectivity index (χ4n) is 2.36. The van der Waals surface area contributed by atoms with Gasteiger partial charge in [0.05, 0.1) is 5.69 Å². The quantitative estimate of drug-likeness (QED) is 0.834. The van der Waals surface area contributed by atoms with Crippen molar-refractivity contribution in [2.24, 2.45) is 0 Å². The summed E-state index contributed by atoms with van der Waals surface area (Å²) < 4.78 is 0. The van der Waals surface area contributed by atoms with Gasteiger partial charge in [0, 0.05) is 34.3 Å². The third kappa shape index (κ3) is 3.73. The molecule has 5 nitrogen and oxygen atoms in total. The van der Waals surface area contributed by atoms with Crippen LogP contribution in [0.2, 0.25) is 10.0 Å². The van der Waals surface area contributed by atoms with Crippen LogP contribution in [0.4, 0.5) is 5.69 Å². The molecular formula is C18H12Cl2N2O3. The summed E-state index contributed by atoms with van der Waals surface area (Å²) in [4.78, 5) is 36.5. The Bertz CT molecular complexity index is 874. The first-order valence-corrected chi connectivity index (χ1v) is 8.09. The normalized spacial score (nSPS) is 13.4. The van der Waals surface area contributed by atoms with Crippen LogP contribution in [0.1, 0.15) is 15.9 Å². The number of carbonyl (C=O) groups excluding carboxylic acids is 3. The predicted octanol–water partition coefficient (Wildman–Crippen LogP) is 3.35. The van der Waals surface area contributed by atoms with Gasteiger partial charge in [0.2, 0.25) is 0 Å². The monoisotopic (exact) mass is 374 g/mol. The Hall–Kier alpha value is -2.63. The molecule has 3 amide bonds. The second kappa shape index (κ2) is 7.09. The van der Waals surface area contributed by atoms with Crippen LogP contribution in [-0.2, 0) is 16.1 Å². The van der Waals surface area contributed by atoms with Crippen molar-refractivity contribution in [3.8, 4) is 0 Å². The number of hydrogen-bond donors (Lipinski definition) is 1. The molecule has 0 aromatic heterocycles. The van der Waals surface area contributed by atoms with E-state index in [2.05, 4.69) is 5.32 Å². The van der Waals surface area contributed by atoms with Gasteiger partial charge in [0.1, 0.15) is 0 Å². The lowest BCUT2D eigenvalue weighted by atomic mass is 10.1. The number of anilines is 1. The first kappa shape index (κ1) is 17.2. The Morgan fingerprint density at radius 3 is 2.20 bits per heavy atom. The summed E-state index contributed by atoms with van der Waals surface area (Å²) in [6.07, 6.45) is 2.41. The van der Waals surface area contributed by atoms with Crippen molar-refractivity contribution in [1.29, 1.82) is 0 Å². The largest absolute Gasteiger partial charge is 0.348 e. The van der Waals surface area contributed by atoms with Gasteiger partial charge in [-0.25, -0.2) is 4.90 Å². The molecule has 7 heteroatoms. The van der Waals surface area contributed by atoms with E-state index in [1.165, 1.54) is 12.2 Å². The van der Waals surface area contributed by atoms with Crippen LogP contribution < -0.4 is 10.2 Å². The molecule has 1 heterocycles.